The molecule has 0 bridgehead atoms. The number of benzene rings is 2. The summed E-state index contributed by atoms with van der Waals surface area (Å²) in [6.07, 6.45) is 3.12. The quantitative estimate of drug-likeness (QED) is 0.845. The Kier molecular flexibility index (Phi) is 5.70. The summed E-state index contributed by atoms with van der Waals surface area (Å²) >= 11 is 0. The lowest BCUT2D eigenvalue weighted by Crippen LogP contribution is -2.47. The molecule has 1 fully saturated rings. The van der Waals surface area contributed by atoms with Crippen molar-refractivity contribution in [2.24, 2.45) is 0 Å². The number of hydrogen-bond donors (Lipinski definition) is 1. The first-order valence-corrected chi connectivity index (χ1v) is 10.2. The fraction of sp³-hybridized carbons (Fsp3) is 0.348. The zero-order valence-electron chi connectivity index (χ0n) is 17.0. The van der Waals surface area contributed by atoms with E-state index >= 15 is 0 Å². The number of ether oxygens (including phenoxy) is 1. The molecule has 0 spiro atoms. The van der Waals surface area contributed by atoms with Crippen molar-refractivity contribution in [3.63, 3.8) is 0 Å². The molecule has 0 atom stereocenters. The lowest BCUT2D eigenvalue weighted by atomic mass is 10.1. The van der Waals surface area contributed by atoms with E-state index < -0.39 is 0 Å². The standard InChI is InChI=1S/C23H25N3O4/c1-16-6-5-7-17(12-16)23(29)24-18-8-9-20-19(13-18)26(22(28)15-30-20)14-21(27)25-10-3-2-4-11-25/h5-9,12-13H,2-4,10-11,14-15H2,1H3,(H,24,29). The number of hydrogen-bond acceptors (Lipinski definition) is 4. The Labute approximate surface area is 175 Å². The first-order chi connectivity index (χ1) is 14.5. The summed E-state index contributed by atoms with van der Waals surface area (Å²) < 4.78 is 5.52. The minimum atomic E-state index is -0.268. The highest BCUT2D eigenvalue weighted by Crippen LogP contribution is 2.34. The number of piperidine rings is 1. The second-order valence-corrected chi connectivity index (χ2v) is 7.72. The molecule has 2 aliphatic heterocycles. The largest absolute Gasteiger partial charge is 0.482 e. The molecule has 0 unspecified atom stereocenters. The predicted octanol–water partition coefficient (Wildman–Crippen LogP) is 2.99. The minimum Gasteiger partial charge on any atom is -0.482 e. The molecule has 3 amide bonds. The molecule has 1 saturated heterocycles. The van der Waals surface area contributed by atoms with Crippen LogP contribution in [0.1, 0.15) is 35.2 Å². The van der Waals surface area contributed by atoms with Crippen molar-refractivity contribution in [2.45, 2.75) is 26.2 Å². The zero-order valence-corrected chi connectivity index (χ0v) is 17.0. The molecule has 4 rings (SSSR count). The smallest absolute Gasteiger partial charge is 0.265 e. The number of likely N-dealkylation sites (tertiary alicyclic amines) is 1. The van der Waals surface area contributed by atoms with Gasteiger partial charge in [0.2, 0.25) is 5.91 Å². The van der Waals surface area contributed by atoms with Crippen molar-refractivity contribution in [1.29, 1.82) is 0 Å². The third-order valence-electron chi connectivity index (χ3n) is 5.44. The van der Waals surface area contributed by atoms with E-state index in [0.717, 1.165) is 37.9 Å². The van der Waals surface area contributed by atoms with Crippen LogP contribution in [0.15, 0.2) is 42.5 Å². The Bertz CT molecular complexity index is 982. The molecule has 0 radical (unpaired) electrons. The van der Waals surface area contributed by atoms with E-state index in [1.54, 1.807) is 24.3 Å². The van der Waals surface area contributed by atoms with Crippen molar-refractivity contribution in [3.8, 4) is 5.75 Å². The van der Waals surface area contributed by atoms with Gasteiger partial charge in [0, 0.05) is 24.3 Å². The molecule has 0 aliphatic carbocycles. The van der Waals surface area contributed by atoms with Crippen molar-refractivity contribution in [1.82, 2.24) is 4.90 Å². The highest BCUT2D eigenvalue weighted by molar-refractivity contribution is 6.06. The summed E-state index contributed by atoms with van der Waals surface area (Å²) in [5, 5.41) is 2.86. The fourth-order valence-corrected chi connectivity index (χ4v) is 3.82. The average molecular weight is 407 g/mol. The van der Waals surface area contributed by atoms with Crippen LogP contribution in [-0.4, -0.2) is 48.9 Å². The van der Waals surface area contributed by atoms with Crippen LogP contribution in [0, 0.1) is 6.92 Å². The van der Waals surface area contributed by atoms with E-state index in [9.17, 15) is 14.4 Å². The van der Waals surface area contributed by atoms with Gasteiger partial charge >= 0.3 is 0 Å². The van der Waals surface area contributed by atoms with Crippen LogP contribution in [0.2, 0.25) is 0 Å². The minimum absolute atomic E-state index is 0.0233. The Morgan fingerprint density at radius 1 is 1.07 bits per heavy atom. The third kappa shape index (κ3) is 4.30. The van der Waals surface area contributed by atoms with Crippen molar-refractivity contribution in [2.75, 3.05) is 36.5 Å². The van der Waals surface area contributed by atoms with Gasteiger partial charge in [-0.3, -0.25) is 19.3 Å². The van der Waals surface area contributed by atoms with Gasteiger partial charge in [-0.25, -0.2) is 0 Å². The van der Waals surface area contributed by atoms with E-state index in [0.29, 0.717) is 22.7 Å². The Hall–Kier alpha value is -3.35. The monoisotopic (exact) mass is 407 g/mol. The van der Waals surface area contributed by atoms with Crippen LogP contribution in [0.3, 0.4) is 0 Å². The summed E-state index contributed by atoms with van der Waals surface area (Å²) in [5.41, 5.74) is 2.58. The topological polar surface area (TPSA) is 79.0 Å². The lowest BCUT2D eigenvalue weighted by Gasteiger charge is -2.33. The van der Waals surface area contributed by atoms with Crippen LogP contribution < -0.4 is 15.0 Å². The normalized spacial score (nSPS) is 16.0. The molecule has 1 N–H and O–H groups in total. The highest BCUT2D eigenvalue weighted by atomic mass is 16.5. The number of carbonyl (C=O) groups is 3. The van der Waals surface area contributed by atoms with E-state index in [2.05, 4.69) is 5.32 Å². The van der Waals surface area contributed by atoms with Gasteiger partial charge in [0.05, 0.1) is 5.69 Å². The molecule has 30 heavy (non-hydrogen) atoms. The molecule has 0 aromatic heterocycles. The fourth-order valence-electron chi connectivity index (χ4n) is 3.82. The first-order valence-electron chi connectivity index (χ1n) is 10.2. The number of fused-ring (bicyclic) bond motifs is 1. The summed E-state index contributed by atoms with van der Waals surface area (Å²) in [7, 11) is 0. The maximum Gasteiger partial charge on any atom is 0.265 e. The molecular weight excluding hydrogens is 382 g/mol. The Morgan fingerprint density at radius 3 is 2.63 bits per heavy atom. The van der Waals surface area contributed by atoms with Crippen molar-refractivity contribution < 1.29 is 19.1 Å². The molecule has 2 aromatic rings. The number of nitrogens with one attached hydrogen (secondary N) is 1. The van der Waals surface area contributed by atoms with E-state index in [1.807, 2.05) is 30.0 Å². The molecule has 0 saturated carbocycles. The maximum atomic E-state index is 12.7. The van der Waals surface area contributed by atoms with Gasteiger partial charge < -0.3 is 15.0 Å². The van der Waals surface area contributed by atoms with E-state index in [4.69, 9.17) is 4.74 Å². The summed E-state index contributed by atoms with van der Waals surface area (Å²) in [5.74, 6) is -0.0487. The maximum absolute atomic E-state index is 12.7. The molecule has 7 nitrogen and oxygen atoms in total. The van der Waals surface area contributed by atoms with Crippen LogP contribution >= 0.6 is 0 Å². The third-order valence-corrected chi connectivity index (χ3v) is 5.44. The van der Waals surface area contributed by atoms with Crippen LogP contribution in [0.25, 0.3) is 0 Å². The number of carbonyl (C=O) groups excluding carboxylic acids is 3. The molecule has 156 valence electrons. The van der Waals surface area contributed by atoms with E-state index in [1.165, 1.54) is 4.90 Å². The van der Waals surface area contributed by atoms with E-state index in [-0.39, 0.29) is 30.9 Å². The highest BCUT2D eigenvalue weighted by Gasteiger charge is 2.29. The predicted molar refractivity (Wildman–Crippen MR) is 114 cm³/mol. The zero-order chi connectivity index (χ0) is 21.1. The van der Waals surface area contributed by atoms with Crippen LogP contribution in [0.4, 0.5) is 11.4 Å². The van der Waals surface area contributed by atoms with Crippen molar-refractivity contribution >= 4 is 29.1 Å². The van der Waals surface area contributed by atoms with Gasteiger partial charge in [-0.05, 0) is 56.5 Å². The van der Waals surface area contributed by atoms with Crippen LogP contribution in [0.5, 0.6) is 5.75 Å². The van der Waals surface area contributed by atoms with Gasteiger partial charge in [0.1, 0.15) is 12.3 Å². The SMILES string of the molecule is Cc1cccc(C(=O)Nc2ccc3c(c2)N(CC(=O)N2CCCCC2)C(=O)CO3)c1. The van der Waals surface area contributed by atoms with Gasteiger partial charge in [-0.1, -0.05) is 17.7 Å². The number of amides is 3. The van der Waals surface area contributed by atoms with Gasteiger partial charge in [0.15, 0.2) is 6.61 Å². The second-order valence-electron chi connectivity index (χ2n) is 7.72. The molecule has 2 aromatic carbocycles. The summed E-state index contributed by atoms with van der Waals surface area (Å²) in [6.45, 7) is 3.27. The van der Waals surface area contributed by atoms with Gasteiger partial charge in [-0.15, -0.1) is 0 Å². The Morgan fingerprint density at radius 2 is 1.87 bits per heavy atom. The summed E-state index contributed by atoms with van der Waals surface area (Å²) in [4.78, 5) is 41.1. The number of aryl methyl sites for hydroxylation is 1. The average Bonchev–Trinajstić information content (AvgIpc) is 2.76. The first kappa shape index (κ1) is 19.9. The molecule has 2 heterocycles. The van der Waals surface area contributed by atoms with Crippen LogP contribution in [-0.2, 0) is 9.59 Å². The lowest BCUT2D eigenvalue weighted by molar-refractivity contribution is -0.132. The Balaban J connectivity index is 1.53. The summed E-state index contributed by atoms with van der Waals surface area (Å²) in [6, 6.07) is 12.4. The molecular formula is C23H25N3O4. The number of nitrogens with zero attached hydrogens (tertiary/aromatic N) is 2. The number of anilines is 2. The molecule has 7 heteroatoms. The van der Waals surface area contributed by atoms with Gasteiger partial charge in [-0.2, -0.15) is 0 Å². The molecule has 2 aliphatic rings. The second kappa shape index (κ2) is 8.57. The van der Waals surface area contributed by atoms with Crippen molar-refractivity contribution in [3.05, 3.63) is 53.6 Å². The van der Waals surface area contributed by atoms with Gasteiger partial charge in [0.25, 0.3) is 11.8 Å². The number of rotatable bonds is 4.